The van der Waals surface area contributed by atoms with E-state index in [4.69, 9.17) is 11.6 Å². The quantitative estimate of drug-likeness (QED) is 0.553. The number of hydrogen-bond donors (Lipinski definition) is 2. The molecule has 0 saturated carbocycles. The van der Waals surface area contributed by atoms with Crippen molar-refractivity contribution in [2.75, 3.05) is 13.1 Å². The first-order valence-electron chi connectivity index (χ1n) is 11.2. The van der Waals surface area contributed by atoms with Gasteiger partial charge in [0.15, 0.2) is 0 Å². The smallest absolute Gasteiger partial charge is 0.251 e. The van der Waals surface area contributed by atoms with Gasteiger partial charge in [0, 0.05) is 30.1 Å². The topological polar surface area (TPSA) is 69.6 Å². The summed E-state index contributed by atoms with van der Waals surface area (Å²) in [6.45, 7) is 1.26. The summed E-state index contributed by atoms with van der Waals surface area (Å²) in [5, 5.41) is 13.0. The number of likely N-dealkylation sites (tertiary alicyclic amines) is 1. The average Bonchev–Trinajstić information content (AvgIpc) is 2.85. The highest BCUT2D eigenvalue weighted by Gasteiger charge is 2.30. The summed E-state index contributed by atoms with van der Waals surface area (Å²) in [6, 6.07) is 23.0. The van der Waals surface area contributed by atoms with E-state index < -0.39 is 6.04 Å². The van der Waals surface area contributed by atoms with Crippen LogP contribution in [0.2, 0.25) is 5.02 Å². The van der Waals surface area contributed by atoms with Crippen molar-refractivity contribution in [3.63, 3.8) is 0 Å². The van der Waals surface area contributed by atoms with E-state index in [0.29, 0.717) is 36.0 Å². The fourth-order valence-electron chi connectivity index (χ4n) is 4.29. The summed E-state index contributed by atoms with van der Waals surface area (Å²) in [5.74, 6) is 0.252. The van der Waals surface area contributed by atoms with Crippen molar-refractivity contribution in [3.8, 4) is 5.75 Å². The second-order valence-electron chi connectivity index (χ2n) is 8.41. The molecule has 1 atom stereocenters. The molecule has 6 heteroatoms. The largest absolute Gasteiger partial charge is 0.508 e. The zero-order chi connectivity index (χ0) is 23.2. The maximum atomic E-state index is 13.5. The van der Waals surface area contributed by atoms with Gasteiger partial charge in [-0.15, -0.1) is 0 Å². The number of benzene rings is 3. The molecule has 5 nitrogen and oxygen atoms in total. The van der Waals surface area contributed by atoms with Crippen LogP contribution in [0, 0.1) is 0 Å². The Morgan fingerprint density at radius 1 is 0.939 bits per heavy atom. The highest BCUT2D eigenvalue weighted by molar-refractivity contribution is 6.30. The summed E-state index contributed by atoms with van der Waals surface area (Å²) in [6.07, 6.45) is 2.12. The minimum atomic E-state index is -0.652. The van der Waals surface area contributed by atoms with Crippen molar-refractivity contribution in [2.45, 2.75) is 31.2 Å². The maximum absolute atomic E-state index is 13.5. The first kappa shape index (κ1) is 22.9. The van der Waals surface area contributed by atoms with Gasteiger partial charge in [-0.25, -0.2) is 0 Å². The Morgan fingerprint density at radius 3 is 2.21 bits per heavy atom. The van der Waals surface area contributed by atoms with E-state index in [9.17, 15) is 14.7 Å². The number of aromatic hydroxyl groups is 1. The Kier molecular flexibility index (Phi) is 7.30. The molecule has 3 aromatic rings. The van der Waals surface area contributed by atoms with Crippen molar-refractivity contribution in [3.05, 3.63) is 101 Å². The number of piperidine rings is 1. The molecule has 0 aliphatic carbocycles. The molecule has 0 aromatic heterocycles. The zero-order valence-corrected chi connectivity index (χ0v) is 19.0. The van der Waals surface area contributed by atoms with E-state index in [1.165, 1.54) is 5.56 Å². The minimum absolute atomic E-state index is 0.0645. The van der Waals surface area contributed by atoms with Gasteiger partial charge in [0.1, 0.15) is 11.8 Å². The third kappa shape index (κ3) is 5.93. The van der Waals surface area contributed by atoms with Crippen molar-refractivity contribution >= 4 is 23.4 Å². The number of hydrogen-bond acceptors (Lipinski definition) is 3. The van der Waals surface area contributed by atoms with Crippen molar-refractivity contribution < 1.29 is 14.7 Å². The molecule has 1 heterocycles. The molecule has 0 spiro atoms. The summed E-state index contributed by atoms with van der Waals surface area (Å²) < 4.78 is 0. The molecule has 1 fully saturated rings. The van der Waals surface area contributed by atoms with Gasteiger partial charge in [0.05, 0.1) is 0 Å². The Labute approximate surface area is 199 Å². The van der Waals surface area contributed by atoms with Crippen LogP contribution in [-0.2, 0) is 11.2 Å². The van der Waals surface area contributed by atoms with Gasteiger partial charge >= 0.3 is 0 Å². The van der Waals surface area contributed by atoms with Gasteiger partial charge in [-0.05, 0) is 66.3 Å². The van der Waals surface area contributed by atoms with Crippen LogP contribution in [-0.4, -0.2) is 41.0 Å². The monoisotopic (exact) mass is 462 g/mol. The van der Waals surface area contributed by atoms with E-state index in [1.807, 2.05) is 47.4 Å². The lowest BCUT2D eigenvalue weighted by atomic mass is 9.89. The number of phenols is 1. The molecular weight excluding hydrogens is 436 g/mol. The van der Waals surface area contributed by atoms with E-state index in [2.05, 4.69) is 5.32 Å². The van der Waals surface area contributed by atoms with Crippen LogP contribution in [0.5, 0.6) is 5.75 Å². The van der Waals surface area contributed by atoms with E-state index in [1.54, 1.807) is 36.4 Å². The molecule has 3 aromatic carbocycles. The number of carbonyl (C=O) groups excluding carboxylic acids is 2. The second kappa shape index (κ2) is 10.5. The first-order chi connectivity index (χ1) is 16.0. The van der Waals surface area contributed by atoms with Gasteiger partial charge in [0.2, 0.25) is 5.91 Å². The predicted molar refractivity (Wildman–Crippen MR) is 130 cm³/mol. The number of rotatable bonds is 6. The zero-order valence-electron chi connectivity index (χ0n) is 18.3. The first-order valence-corrected chi connectivity index (χ1v) is 11.6. The molecule has 1 aliphatic heterocycles. The standard InChI is InChI=1S/C27H27ClN2O3/c28-23-10-6-22(7-11-23)26(32)29-25(18-19-4-2-1-3-5-19)27(33)30-16-14-21(15-17-30)20-8-12-24(31)13-9-20/h1-13,21,25,31H,14-18H2,(H,29,32). The molecule has 1 aliphatic rings. The number of nitrogens with one attached hydrogen (secondary N) is 1. The Hall–Kier alpha value is -3.31. The van der Waals surface area contributed by atoms with Gasteiger partial charge in [-0.1, -0.05) is 54.1 Å². The normalized spacial score (nSPS) is 15.1. The second-order valence-corrected chi connectivity index (χ2v) is 8.85. The summed E-state index contributed by atoms with van der Waals surface area (Å²) in [7, 11) is 0. The van der Waals surface area contributed by atoms with E-state index >= 15 is 0 Å². The minimum Gasteiger partial charge on any atom is -0.508 e. The van der Waals surface area contributed by atoms with Crippen molar-refractivity contribution in [1.29, 1.82) is 0 Å². The van der Waals surface area contributed by atoms with Crippen LogP contribution in [0.4, 0.5) is 0 Å². The SMILES string of the molecule is O=C(NC(Cc1ccccc1)C(=O)N1CCC(c2ccc(O)cc2)CC1)c1ccc(Cl)cc1. The molecule has 4 rings (SSSR count). The Morgan fingerprint density at radius 2 is 1.58 bits per heavy atom. The number of amides is 2. The molecule has 1 unspecified atom stereocenters. The fourth-order valence-corrected chi connectivity index (χ4v) is 4.42. The lowest BCUT2D eigenvalue weighted by molar-refractivity contribution is -0.134. The Bertz CT molecular complexity index is 1080. The van der Waals surface area contributed by atoms with Crippen LogP contribution < -0.4 is 5.32 Å². The molecule has 0 bridgehead atoms. The van der Waals surface area contributed by atoms with Crippen molar-refractivity contribution in [1.82, 2.24) is 10.2 Å². The van der Waals surface area contributed by atoms with Crippen LogP contribution in [0.1, 0.15) is 40.2 Å². The summed E-state index contributed by atoms with van der Waals surface area (Å²) in [4.78, 5) is 28.2. The molecule has 170 valence electrons. The number of phenolic OH excluding ortho intramolecular Hbond substituents is 1. The molecule has 1 saturated heterocycles. The van der Waals surface area contributed by atoms with Gasteiger partial charge < -0.3 is 15.3 Å². The maximum Gasteiger partial charge on any atom is 0.251 e. The van der Waals surface area contributed by atoms with Crippen LogP contribution >= 0.6 is 11.6 Å². The highest BCUT2D eigenvalue weighted by atomic mass is 35.5. The lowest BCUT2D eigenvalue weighted by Gasteiger charge is -2.34. The summed E-state index contributed by atoms with van der Waals surface area (Å²) >= 11 is 5.94. The van der Waals surface area contributed by atoms with E-state index in [0.717, 1.165) is 18.4 Å². The fraction of sp³-hybridized carbons (Fsp3) is 0.259. The summed E-state index contributed by atoms with van der Waals surface area (Å²) in [5.41, 5.74) is 2.64. The molecule has 2 amide bonds. The number of carbonyl (C=O) groups is 2. The highest BCUT2D eigenvalue weighted by Crippen LogP contribution is 2.29. The number of nitrogens with zero attached hydrogens (tertiary/aromatic N) is 1. The van der Waals surface area contributed by atoms with Gasteiger partial charge in [-0.3, -0.25) is 9.59 Å². The van der Waals surface area contributed by atoms with Crippen LogP contribution in [0.3, 0.4) is 0 Å². The Balaban J connectivity index is 1.45. The third-order valence-corrected chi connectivity index (χ3v) is 6.42. The van der Waals surface area contributed by atoms with Gasteiger partial charge in [-0.2, -0.15) is 0 Å². The molecule has 0 radical (unpaired) electrons. The van der Waals surface area contributed by atoms with Crippen molar-refractivity contribution in [2.24, 2.45) is 0 Å². The van der Waals surface area contributed by atoms with Crippen LogP contribution in [0.15, 0.2) is 78.9 Å². The predicted octanol–water partition coefficient (Wildman–Crippen LogP) is 4.79. The van der Waals surface area contributed by atoms with Gasteiger partial charge in [0.25, 0.3) is 5.91 Å². The third-order valence-electron chi connectivity index (χ3n) is 6.16. The molecule has 33 heavy (non-hydrogen) atoms. The average molecular weight is 463 g/mol. The van der Waals surface area contributed by atoms with Crippen LogP contribution in [0.25, 0.3) is 0 Å². The molecular formula is C27H27ClN2O3. The van der Waals surface area contributed by atoms with E-state index in [-0.39, 0.29) is 17.6 Å². The molecule has 2 N–H and O–H groups in total. The lowest BCUT2D eigenvalue weighted by Crippen LogP contribution is -2.51. The number of halogens is 1.